The van der Waals surface area contributed by atoms with E-state index in [1.54, 1.807) is 0 Å². The van der Waals surface area contributed by atoms with Gasteiger partial charge in [0.15, 0.2) is 0 Å². The summed E-state index contributed by atoms with van der Waals surface area (Å²) >= 11 is 5.49. The van der Waals surface area contributed by atoms with Gasteiger partial charge in [0.25, 0.3) is 0 Å². The summed E-state index contributed by atoms with van der Waals surface area (Å²) in [5, 5.41) is -0.0245. The SMILES string of the molecule is N[C@H](CCF)c1ccc(Cl)cc1C(F)(F)F. The van der Waals surface area contributed by atoms with Gasteiger partial charge in [-0.3, -0.25) is 4.39 Å². The number of nitrogens with two attached hydrogens (primary N) is 1. The van der Waals surface area contributed by atoms with E-state index in [-0.39, 0.29) is 17.0 Å². The van der Waals surface area contributed by atoms with Crippen molar-refractivity contribution in [1.29, 1.82) is 0 Å². The van der Waals surface area contributed by atoms with Crippen LogP contribution < -0.4 is 5.73 Å². The van der Waals surface area contributed by atoms with Gasteiger partial charge in [0.1, 0.15) is 0 Å². The molecule has 1 nitrogen and oxygen atoms in total. The van der Waals surface area contributed by atoms with Gasteiger partial charge < -0.3 is 5.73 Å². The maximum absolute atomic E-state index is 12.6. The predicted octanol–water partition coefficient (Wildman–Crippen LogP) is 3.72. The van der Waals surface area contributed by atoms with Crippen molar-refractivity contribution in [3.05, 3.63) is 34.3 Å². The first-order valence-electron chi connectivity index (χ1n) is 4.54. The van der Waals surface area contributed by atoms with Gasteiger partial charge in [-0.2, -0.15) is 13.2 Å². The lowest BCUT2D eigenvalue weighted by atomic mass is 9.98. The number of hydrogen-bond donors (Lipinski definition) is 1. The third-order valence-electron chi connectivity index (χ3n) is 2.14. The van der Waals surface area contributed by atoms with Crippen molar-refractivity contribution in [1.82, 2.24) is 0 Å². The van der Waals surface area contributed by atoms with Crippen molar-refractivity contribution in [3.8, 4) is 0 Å². The van der Waals surface area contributed by atoms with Crippen LogP contribution in [-0.2, 0) is 6.18 Å². The van der Waals surface area contributed by atoms with Crippen molar-refractivity contribution >= 4 is 11.6 Å². The molecule has 0 heterocycles. The molecule has 0 fully saturated rings. The summed E-state index contributed by atoms with van der Waals surface area (Å²) in [5.74, 6) is 0. The molecule has 0 saturated heterocycles. The Hall–Kier alpha value is -0.810. The summed E-state index contributed by atoms with van der Waals surface area (Å²) in [4.78, 5) is 0. The molecule has 16 heavy (non-hydrogen) atoms. The Labute approximate surface area is 95.2 Å². The lowest BCUT2D eigenvalue weighted by Gasteiger charge is -2.17. The van der Waals surface area contributed by atoms with Crippen LogP contribution in [0.4, 0.5) is 17.6 Å². The maximum Gasteiger partial charge on any atom is 0.416 e. The Kier molecular flexibility index (Phi) is 4.15. The Morgan fingerprint density at radius 3 is 2.44 bits per heavy atom. The highest BCUT2D eigenvalue weighted by molar-refractivity contribution is 6.30. The van der Waals surface area contributed by atoms with Crippen LogP contribution in [0.25, 0.3) is 0 Å². The summed E-state index contributed by atoms with van der Waals surface area (Å²) in [6.45, 7) is -0.763. The molecular weight excluding hydrogens is 246 g/mol. The van der Waals surface area contributed by atoms with Gasteiger partial charge in [0, 0.05) is 11.1 Å². The number of halogens is 5. The van der Waals surface area contributed by atoms with Crippen LogP contribution >= 0.6 is 11.6 Å². The quantitative estimate of drug-likeness (QED) is 0.819. The van der Waals surface area contributed by atoms with Crippen LogP contribution in [0, 0.1) is 0 Å². The summed E-state index contributed by atoms with van der Waals surface area (Å²) in [5.41, 5.74) is 4.44. The molecule has 0 aliphatic carbocycles. The normalized spacial score (nSPS) is 13.9. The zero-order valence-electron chi connectivity index (χ0n) is 8.19. The van der Waals surface area contributed by atoms with E-state index in [1.807, 2.05) is 0 Å². The largest absolute Gasteiger partial charge is 0.416 e. The topological polar surface area (TPSA) is 26.0 Å². The second kappa shape index (κ2) is 5.01. The molecule has 1 aromatic rings. The molecule has 0 amide bonds. The van der Waals surface area contributed by atoms with Crippen LogP contribution in [0.1, 0.15) is 23.6 Å². The smallest absolute Gasteiger partial charge is 0.324 e. The molecule has 0 saturated carbocycles. The van der Waals surface area contributed by atoms with E-state index < -0.39 is 24.5 Å². The van der Waals surface area contributed by atoms with Crippen LogP contribution in [0.15, 0.2) is 18.2 Å². The molecule has 2 N–H and O–H groups in total. The van der Waals surface area contributed by atoms with Crippen LogP contribution in [0.3, 0.4) is 0 Å². The molecular formula is C10H10ClF4N. The zero-order chi connectivity index (χ0) is 12.3. The Balaban J connectivity index is 3.18. The third kappa shape index (κ3) is 3.09. The third-order valence-corrected chi connectivity index (χ3v) is 2.38. The predicted molar refractivity (Wildman–Crippen MR) is 54.0 cm³/mol. The summed E-state index contributed by atoms with van der Waals surface area (Å²) in [6.07, 6.45) is -4.68. The molecule has 0 bridgehead atoms. The first-order chi connectivity index (χ1) is 7.36. The fourth-order valence-electron chi connectivity index (χ4n) is 1.37. The number of rotatable bonds is 3. The van der Waals surface area contributed by atoms with Crippen molar-refractivity contribution < 1.29 is 17.6 Å². The lowest BCUT2D eigenvalue weighted by molar-refractivity contribution is -0.138. The summed E-state index contributed by atoms with van der Waals surface area (Å²) < 4.78 is 49.9. The molecule has 1 rings (SSSR count). The monoisotopic (exact) mass is 255 g/mol. The van der Waals surface area contributed by atoms with Crippen molar-refractivity contribution in [2.24, 2.45) is 5.73 Å². The van der Waals surface area contributed by atoms with Crippen molar-refractivity contribution in [2.45, 2.75) is 18.6 Å². The number of benzene rings is 1. The second-order valence-corrected chi connectivity index (χ2v) is 3.75. The highest BCUT2D eigenvalue weighted by Crippen LogP contribution is 2.36. The molecule has 0 unspecified atom stereocenters. The Morgan fingerprint density at radius 1 is 1.31 bits per heavy atom. The van der Waals surface area contributed by atoms with E-state index in [9.17, 15) is 17.6 Å². The minimum absolute atomic E-state index is 0.0245. The van der Waals surface area contributed by atoms with E-state index in [4.69, 9.17) is 17.3 Å². The van der Waals surface area contributed by atoms with Gasteiger partial charge in [-0.05, 0) is 24.1 Å². The van der Waals surface area contributed by atoms with E-state index >= 15 is 0 Å². The van der Waals surface area contributed by atoms with E-state index in [0.717, 1.165) is 6.07 Å². The summed E-state index contributed by atoms with van der Waals surface area (Å²) in [7, 11) is 0. The minimum atomic E-state index is -4.53. The molecule has 0 radical (unpaired) electrons. The van der Waals surface area contributed by atoms with Crippen molar-refractivity contribution in [2.75, 3.05) is 6.67 Å². The molecule has 90 valence electrons. The number of hydrogen-bond acceptors (Lipinski definition) is 1. The fourth-order valence-corrected chi connectivity index (χ4v) is 1.54. The second-order valence-electron chi connectivity index (χ2n) is 3.31. The molecule has 0 aromatic heterocycles. The van der Waals surface area contributed by atoms with Gasteiger partial charge >= 0.3 is 6.18 Å². The van der Waals surface area contributed by atoms with Crippen molar-refractivity contribution in [3.63, 3.8) is 0 Å². The first-order valence-corrected chi connectivity index (χ1v) is 4.92. The Bertz CT molecular complexity index is 364. The first kappa shape index (κ1) is 13.3. The minimum Gasteiger partial charge on any atom is -0.324 e. The van der Waals surface area contributed by atoms with Gasteiger partial charge in [-0.1, -0.05) is 17.7 Å². The standard InChI is InChI=1S/C10H10ClF4N/c11-6-1-2-7(9(16)3-4-12)8(5-6)10(13,14)15/h1-2,5,9H,3-4,16H2/t9-/m1/s1. The van der Waals surface area contributed by atoms with Crippen LogP contribution in [0.5, 0.6) is 0 Å². The van der Waals surface area contributed by atoms with E-state index in [2.05, 4.69) is 0 Å². The fraction of sp³-hybridized carbons (Fsp3) is 0.400. The maximum atomic E-state index is 12.6. The lowest BCUT2D eigenvalue weighted by Crippen LogP contribution is -2.18. The molecule has 6 heteroatoms. The molecule has 1 atom stereocenters. The zero-order valence-corrected chi connectivity index (χ0v) is 8.95. The highest BCUT2D eigenvalue weighted by atomic mass is 35.5. The Morgan fingerprint density at radius 2 is 1.94 bits per heavy atom. The summed E-state index contributed by atoms with van der Waals surface area (Å²) in [6, 6.07) is 2.32. The van der Waals surface area contributed by atoms with Gasteiger partial charge in [-0.15, -0.1) is 0 Å². The molecule has 1 aromatic carbocycles. The average Bonchev–Trinajstić information content (AvgIpc) is 2.16. The van der Waals surface area contributed by atoms with E-state index in [1.165, 1.54) is 12.1 Å². The molecule has 0 spiro atoms. The molecule has 0 aliphatic heterocycles. The van der Waals surface area contributed by atoms with E-state index in [0.29, 0.717) is 0 Å². The molecule has 0 aliphatic rings. The van der Waals surface area contributed by atoms with Crippen LogP contribution in [-0.4, -0.2) is 6.67 Å². The van der Waals surface area contributed by atoms with Crippen LogP contribution in [0.2, 0.25) is 5.02 Å². The van der Waals surface area contributed by atoms with Gasteiger partial charge in [0.05, 0.1) is 12.2 Å². The van der Waals surface area contributed by atoms with Gasteiger partial charge in [0.2, 0.25) is 0 Å². The highest BCUT2D eigenvalue weighted by Gasteiger charge is 2.34. The average molecular weight is 256 g/mol. The number of alkyl halides is 4. The van der Waals surface area contributed by atoms with Gasteiger partial charge in [-0.25, -0.2) is 0 Å².